The zero-order valence-electron chi connectivity index (χ0n) is 20.2. The number of nitrogens with one attached hydrogen (secondary N) is 1. The summed E-state index contributed by atoms with van der Waals surface area (Å²) in [6.45, 7) is 1.04. The molecule has 4 rings (SSSR count). The molecule has 0 bridgehead atoms. The Labute approximate surface area is 218 Å². The lowest BCUT2D eigenvalue weighted by Gasteiger charge is -2.35. The van der Waals surface area contributed by atoms with E-state index in [4.69, 9.17) is 0 Å². The summed E-state index contributed by atoms with van der Waals surface area (Å²) in [7, 11) is 0. The third kappa shape index (κ3) is 6.80. The van der Waals surface area contributed by atoms with Crippen molar-refractivity contribution in [2.75, 3.05) is 13.1 Å². The zero-order chi connectivity index (χ0) is 27.7. The van der Waals surface area contributed by atoms with Gasteiger partial charge in [0.2, 0.25) is 0 Å². The van der Waals surface area contributed by atoms with Gasteiger partial charge in [-0.2, -0.15) is 31.4 Å². The third-order valence-electron chi connectivity index (χ3n) is 6.32. The molecule has 0 saturated carbocycles. The second kappa shape index (κ2) is 10.9. The van der Waals surface area contributed by atoms with Crippen molar-refractivity contribution in [3.63, 3.8) is 0 Å². The smallest absolute Gasteiger partial charge is 0.343 e. The fourth-order valence-corrected chi connectivity index (χ4v) is 5.07. The monoisotopic (exact) mass is 558 g/mol. The number of benzene rings is 2. The van der Waals surface area contributed by atoms with Gasteiger partial charge in [0.1, 0.15) is 6.54 Å². The molecule has 1 atom stereocenters. The SMILES string of the molecule is Cc1c(C(=O)NCC(F)(F)F)ccc2nn(CC3CCCCN3C(=O)c3ccc(SC(F)(F)F)cc3)cc12. The van der Waals surface area contributed by atoms with Crippen LogP contribution in [0.2, 0.25) is 0 Å². The Bertz CT molecular complexity index is 1320. The minimum absolute atomic E-state index is 0.00528. The molecule has 1 aromatic heterocycles. The van der Waals surface area contributed by atoms with Crippen LogP contribution in [-0.2, 0) is 6.54 Å². The van der Waals surface area contributed by atoms with E-state index in [0.29, 0.717) is 41.5 Å². The number of amides is 2. The number of carbonyl (C=O) groups is 2. The van der Waals surface area contributed by atoms with Crippen molar-refractivity contribution < 1.29 is 35.9 Å². The first-order chi connectivity index (χ1) is 17.8. The molecule has 2 heterocycles. The minimum atomic E-state index is -4.52. The lowest BCUT2D eigenvalue weighted by atomic mass is 10.0. The van der Waals surface area contributed by atoms with Crippen LogP contribution in [0, 0.1) is 6.92 Å². The fraction of sp³-hybridized carbons (Fsp3) is 0.400. The van der Waals surface area contributed by atoms with Crippen molar-refractivity contribution in [3.8, 4) is 0 Å². The Morgan fingerprint density at radius 2 is 1.76 bits per heavy atom. The second-order valence-electron chi connectivity index (χ2n) is 9.04. The average Bonchev–Trinajstić information content (AvgIpc) is 3.25. The highest BCUT2D eigenvalue weighted by molar-refractivity contribution is 8.00. The largest absolute Gasteiger partial charge is 0.446 e. The first kappa shape index (κ1) is 27.8. The van der Waals surface area contributed by atoms with Crippen LogP contribution in [-0.4, -0.2) is 57.3 Å². The summed E-state index contributed by atoms with van der Waals surface area (Å²) >= 11 is -0.243. The van der Waals surface area contributed by atoms with Gasteiger partial charge in [0, 0.05) is 34.2 Å². The first-order valence-corrected chi connectivity index (χ1v) is 12.6. The quantitative estimate of drug-likeness (QED) is 0.300. The number of thioether (sulfide) groups is 1. The van der Waals surface area contributed by atoms with Crippen LogP contribution in [0.3, 0.4) is 0 Å². The van der Waals surface area contributed by atoms with E-state index in [1.54, 1.807) is 28.8 Å². The van der Waals surface area contributed by atoms with Gasteiger partial charge in [-0.15, -0.1) is 0 Å². The predicted octanol–water partition coefficient (Wildman–Crippen LogP) is 5.94. The van der Waals surface area contributed by atoms with Gasteiger partial charge < -0.3 is 10.2 Å². The van der Waals surface area contributed by atoms with Gasteiger partial charge in [0.05, 0.1) is 18.1 Å². The van der Waals surface area contributed by atoms with Crippen LogP contribution in [0.1, 0.15) is 45.5 Å². The van der Waals surface area contributed by atoms with Gasteiger partial charge in [-0.3, -0.25) is 14.3 Å². The second-order valence-corrected chi connectivity index (χ2v) is 10.2. The van der Waals surface area contributed by atoms with E-state index < -0.39 is 24.1 Å². The molecule has 3 aromatic rings. The van der Waals surface area contributed by atoms with Crippen LogP contribution in [0.4, 0.5) is 26.3 Å². The molecule has 6 nitrogen and oxygen atoms in total. The number of hydrogen-bond donors (Lipinski definition) is 1. The fourth-order valence-electron chi connectivity index (χ4n) is 4.53. The Morgan fingerprint density at radius 3 is 2.42 bits per heavy atom. The number of fused-ring (bicyclic) bond motifs is 1. The highest BCUT2D eigenvalue weighted by Gasteiger charge is 2.31. The highest BCUT2D eigenvalue weighted by atomic mass is 32.2. The summed E-state index contributed by atoms with van der Waals surface area (Å²) in [6, 6.07) is 8.09. The van der Waals surface area contributed by atoms with E-state index in [1.807, 2.05) is 5.32 Å². The molecule has 204 valence electrons. The molecule has 0 spiro atoms. The molecule has 13 heteroatoms. The Morgan fingerprint density at radius 1 is 1.05 bits per heavy atom. The highest BCUT2D eigenvalue weighted by Crippen LogP contribution is 2.37. The van der Waals surface area contributed by atoms with Crippen molar-refractivity contribution in [1.82, 2.24) is 20.0 Å². The van der Waals surface area contributed by atoms with Crippen molar-refractivity contribution in [3.05, 3.63) is 59.3 Å². The van der Waals surface area contributed by atoms with Gasteiger partial charge in [-0.05, 0) is 79.9 Å². The summed E-state index contributed by atoms with van der Waals surface area (Å²) in [6.07, 6.45) is -0.439. The van der Waals surface area contributed by atoms with Gasteiger partial charge in [0.25, 0.3) is 11.8 Å². The topological polar surface area (TPSA) is 67.2 Å². The van der Waals surface area contributed by atoms with Crippen LogP contribution in [0.25, 0.3) is 10.9 Å². The molecule has 1 aliphatic heterocycles. The maximum absolute atomic E-state index is 13.2. The number of nitrogens with zero attached hydrogens (tertiary/aromatic N) is 3. The van der Waals surface area contributed by atoms with Crippen LogP contribution < -0.4 is 5.32 Å². The zero-order valence-corrected chi connectivity index (χ0v) is 21.0. The Balaban J connectivity index is 1.50. The summed E-state index contributed by atoms with van der Waals surface area (Å²) in [4.78, 5) is 27.2. The number of aryl methyl sites for hydroxylation is 1. The average molecular weight is 559 g/mol. The maximum Gasteiger partial charge on any atom is 0.446 e. The molecule has 1 N–H and O–H groups in total. The summed E-state index contributed by atoms with van der Waals surface area (Å²) < 4.78 is 76.9. The number of carbonyl (C=O) groups excluding carboxylic acids is 2. The van der Waals surface area contributed by atoms with E-state index in [1.165, 1.54) is 30.3 Å². The number of piperidine rings is 1. The van der Waals surface area contributed by atoms with E-state index >= 15 is 0 Å². The standard InChI is InChI=1S/C25H24F6N4O2S/c1-15-19(22(36)32-14-24(26,27)28)9-10-21-20(15)13-34(33-21)12-17-4-2-3-11-35(17)23(37)16-5-7-18(8-6-16)38-25(29,30)31/h5-10,13,17H,2-4,11-12,14H2,1H3,(H,32,36). The van der Waals surface area contributed by atoms with E-state index in [9.17, 15) is 35.9 Å². The third-order valence-corrected chi connectivity index (χ3v) is 7.06. The number of rotatable bonds is 6. The molecule has 1 saturated heterocycles. The lowest BCUT2D eigenvalue weighted by Crippen LogP contribution is -2.45. The number of halogens is 6. The minimum Gasteiger partial charge on any atom is -0.343 e. The Kier molecular flexibility index (Phi) is 7.96. The van der Waals surface area contributed by atoms with Gasteiger partial charge in [0.15, 0.2) is 0 Å². The maximum atomic E-state index is 13.2. The molecule has 0 aliphatic carbocycles. The number of alkyl halides is 6. The van der Waals surface area contributed by atoms with Crippen molar-refractivity contribution in [1.29, 1.82) is 0 Å². The summed E-state index contributed by atoms with van der Waals surface area (Å²) in [5.74, 6) is -1.12. The van der Waals surface area contributed by atoms with Crippen LogP contribution in [0.15, 0.2) is 47.5 Å². The number of likely N-dealkylation sites (tertiary alicyclic amines) is 1. The molecule has 1 aliphatic rings. The number of hydrogen-bond acceptors (Lipinski definition) is 4. The molecular weight excluding hydrogens is 534 g/mol. The molecule has 2 aromatic carbocycles. The molecule has 1 unspecified atom stereocenters. The number of aromatic nitrogens is 2. The summed E-state index contributed by atoms with van der Waals surface area (Å²) in [5.41, 5.74) is -2.96. The normalized spacial score (nSPS) is 16.6. The predicted molar refractivity (Wildman–Crippen MR) is 130 cm³/mol. The van der Waals surface area contributed by atoms with E-state index in [2.05, 4.69) is 5.10 Å². The summed E-state index contributed by atoms with van der Waals surface area (Å²) in [5, 5.41) is 7.00. The first-order valence-electron chi connectivity index (χ1n) is 11.8. The van der Waals surface area contributed by atoms with Crippen molar-refractivity contribution in [2.24, 2.45) is 0 Å². The van der Waals surface area contributed by atoms with Crippen LogP contribution >= 0.6 is 11.8 Å². The van der Waals surface area contributed by atoms with Gasteiger partial charge in [-0.25, -0.2) is 0 Å². The molecule has 2 amide bonds. The van der Waals surface area contributed by atoms with E-state index in [-0.39, 0.29) is 34.2 Å². The molecule has 38 heavy (non-hydrogen) atoms. The lowest BCUT2D eigenvalue weighted by molar-refractivity contribution is -0.123. The Hall–Kier alpha value is -3.22. The van der Waals surface area contributed by atoms with Crippen molar-refractivity contribution in [2.45, 2.75) is 55.4 Å². The molecule has 0 radical (unpaired) electrons. The van der Waals surface area contributed by atoms with Gasteiger partial charge >= 0.3 is 11.7 Å². The van der Waals surface area contributed by atoms with E-state index in [0.717, 1.165) is 12.8 Å². The molecular formula is C25H24F6N4O2S. The van der Waals surface area contributed by atoms with Crippen molar-refractivity contribution >= 4 is 34.5 Å². The van der Waals surface area contributed by atoms with Crippen LogP contribution in [0.5, 0.6) is 0 Å². The van der Waals surface area contributed by atoms with Gasteiger partial charge in [-0.1, -0.05) is 0 Å². The molecule has 1 fully saturated rings.